The summed E-state index contributed by atoms with van der Waals surface area (Å²) in [4.78, 5) is 0. The molecule has 0 amide bonds. The van der Waals surface area contributed by atoms with Crippen LogP contribution < -0.4 is 14.8 Å². The topological polar surface area (TPSA) is 116 Å². The van der Waals surface area contributed by atoms with Crippen molar-refractivity contribution in [3.05, 3.63) is 53.7 Å². The number of H-pyrrole nitrogens is 1. The predicted molar refractivity (Wildman–Crippen MR) is 118 cm³/mol. The van der Waals surface area contributed by atoms with Crippen LogP contribution in [0, 0.1) is 0 Å². The van der Waals surface area contributed by atoms with Crippen molar-refractivity contribution >= 4 is 26.6 Å². The molecule has 0 saturated heterocycles. The number of nitrogens with zero attached hydrogens (tertiary/aromatic N) is 1. The third-order valence-electron chi connectivity index (χ3n) is 4.77. The summed E-state index contributed by atoms with van der Waals surface area (Å²) in [5, 5.41) is 21.9. The van der Waals surface area contributed by atoms with Gasteiger partial charge in [0.25, 0.3) is 0 Å². The van der Waals surface area contributed by atoms with Gasteiger partial charge < -0.3 is 15.2 Å². The predicted octanol–water partition coefficient (Wildman–Crippen LogP) is 2.59. The quantitative estimate of drug-likeness (QED) is 0.346. The fourth-order valence-electron chi connectivity index (χ4n) is 3.07. The minimum atomic E-state index is -3.35. The third-order valence-corrected chi connectivity index (χ3v) is 6.08. The Balaban J connectivity index is 1.45. The van der Waals surface area contributed by atoms with Crippen LogP contribution in [0.2, 0.25) is 0 Å². The van der Waals surface area contributed by atoms with E-state index >= 15 is 0 Å². The van der Waals surface area contributed by atoms with Gasteiger partial charge in [0.15, 0.2) is 0 Å². The van der Waals surface area contributed by atoms with Crippen LogP contribution in [0.1, 0.15) is 31.2 Å². The number of hydrogen-bond donors (Lipinski definition) is 4. The van der Waals surface area contributed by atoms with Crippen LogP contribution >= 0.6 is 0 Å². The number of anilines is 1. The molecule has 1 unspecified atom stereocenters. The molecule has 162 valence electrons. The number of sulfonamides is 1. The van der Waals surface area contributed by atoms with E-state index in [2.05, 4.69) is 27.2 Å². The molecular weight excluding hydrogens is 404 g/mol. The summed E-state index contributed by atoms with van der Waals surface area (Å²) in [6, 6.07) is 12.6. The van der Waals surface area contributed by atoms with E-state index in [0.717, 1.165) is 28.8 Å². The molecule has 9 heteroatoms. The second-order valence-corrected chi connectivity index (χ2v) is 8.94. The number of rotatable bonds is 11. The molecule has 3 rings (SSSR count). The summed E-state index contributed by atoms with van der Waals surface area (Å²) in [5.74, 6) is 0.740. The lowest BCUT2D eigenvalue weighted by Crippen LogP contribution is -2.26. The molecule has 0 fully saturated rings. The number of aryl methyl sites for hydroxylation is 1. The SMILES string of the molecule is CCc1[nH]nc2cc(OCCNCC(O)c3cccc(NS(=O)(=O)CC)c3)ccc12. The minimum Gasteiger partial charge on any atom is -0.492 e. The van der Waals surface area contributed by atoms with Gasteiger partial charge in [-0.25, -0.2) is 8.42 Å². The van der Waals surface area contributed by atoms with Crippen molar-refractivity contribution < 1.29 is 18.3 Å². The van der Waals surface area contributed by atoms with E-state index in [9.17, 15) is 13.5 Å². The second kappa shape index (κ2) is 9.92. The highest BCUT2D eigenvalue weighted by molar-refractivity contribution is 7.92. The highest BCUT2D eigenvalue weighted by Gasteiger charge is 2.11. The maximum absolute atomic E-state index is 11.7. The molecule has 8 nitrogen and oxygen atoms in total. The molecule has 0 aliphatic rings. The molecule has 0 spiro atoms. The highest BCUT2D eigenvalue weighted by atomic mass is 32.2. The van der Waals surface area contributed by atoms with Gasteiger partial charge in [0.2, 0.25) is 10.0 Å². The zero-order valence-corrected chi connectivity index (χ0v) is 18.0. The largest absolute Gasteiger partial charge is 0.492 e. The molecular formula is C21H28N4O4S. The van der Waals surface area contributed by atoms with Gasteiger partial charge in [-0.2, -0.15) is 5.10 Å². The number of hydrogen-bond acceptors (Lipinski definition) is 6. The van der Waals surface area contributed by atoms with Gasteiger partial charge >= 0.3 is 0 Å². The Morgan fingerprint density at radius 2 is 2.03 bits per heavy atom. The molecule has 30 heavy (non-hydrogen) atoms. The zero-order chi connectivity index (χ0) is 21.6. The summed E-state index contributed by atoms with van der Waals surface area (Å²) in [5.41, 5.74) is 3.07. The Bertz CT molecular complexity index is 1080. The van der Waals surface area contributed by atoms with Crippen molar-refractivity contribution in [1.29, 1.82) is 0 Å². The molecule has 0 saturated carbocycles. The Kier molecular flexibility index (Phi) is 7.30. The number of aromatic nitrogens is 2. The van der Waals surface area contributed by atoms with Crippen LogP contribution in [0.5, 0.6) is 5.75 Å². The van der Waals surface area contributed by atoms with E-state index < -0.39 is 16.1 Å². The van der Waals surface area contributed by atoms with Crippen LogP contribution in [-0.2, 0) is 16.4 Å². The molecule has 0 aliphatic heterocycles. The first kappa shape index (κ1) is 22.1. The fraction of sp³-hybridized carbons (Fsp3) is 0.381. The van der Waals surface area contributed by atoms with E-state index in [1.54, 1.807) is 31.2 Å². The highest BCUT2D eigenvalue weighted by Crippen LogP contribution is 2.22. The van der Waals surface area contributed by atoms with Crippen LogP contribution in [0.25, 0.3) is 10.9 Å². The number of aliphatic hydroxyl groups is 1. The number of fused-ring (bicyclic) bond motifs is 1. The molecule has 0 aliphatic carbocycles. The average molecular weight is 433 g/mol. The van der Waals surface area contributed by atoms with E-state index in [-0.39, 0.29) is 5.75 Å². The first-order chi connectivity index (χ1) is 14.4. The van der Waals surface area contributed by atoms with Gasteiger partial charge in [0.05, 0.1) is 17.4 Å². The molecule has 2 aromatic carbocycles. The van der Waals surface area contributed by atoms with Crippen molar-refractivity contribution in [2.45, 2.75) is 26.4 Å². The second-order valence-electron chi connectivity index (χ2n) is 6.93. The van der Waals surface area contributed by atoms with Crippen LogP contribution in [-0.4, -0.2) is 49.2 Å². The van der Waals surface area contributed by atoms with Crippen molar-refractivity contribution in [3.8, 4) is 5.75 Å². The summed E-state index contributed by atoms with van der Waals surface area (Å²) in [6.45, 7) is 4.98. The molecule has 0 bridgehead atoms. The van der Waals surface area contributed by atoms with Crippen LogP contribution in [0.15, 0.2) is 42.5 Å². The summed E-state index contributed by atoms with van der Waals surface area (Å²) in [7, 11) is -3.35. The molecule has 1 atom stereocenters. The third kappa shape index (κ3) is 5.71. The monoisotopic (exact) mass is 432 g/mol. The van der Waals surface area contributed by atoms with Crippen molar-refractivity contribution in [2.75, 3.05) is 30.2 Å². The van der Waals surface area contributed by atoms with Crippen molar-refractivity contribution in [2.24, 2.45) is 0 Å². The maximum atomic E-state index is 11.7. The Morgan fingerprint density at radius 3 is 2.80 bits per heavy atom. The molecule has 1 heterocycles. The Hall–Kier alpha value is -2.62. The van der Waals surface area contributed by atoms with Crippen molar-refractivity contribution in [3.63, 3.8) is 0 Å². The summed E-state index contributed by atoms with van der Waals surface area (Å²) in [6.07, 6.45) is 0.139. The number of benzene rings is 2. The Labute approximate surface area is 176 Å². The number of nitrogens with one attached hydrogen (secondary N) is 3. The van der Waals surface area contributed by atoms with E-state index in [0.29, 0.717) is 30.9 Å². The first-order valence-electron chi connectivity index (χ1n) is 10.0. The smallest absolute Gasteiger partial charge is 0.232 e. The number of ether oxygens (including phenoxy) is 1. The standard InChI is InChI=1S/C21H28N4O4S/c1-3-19-18-9-8-17(13-20(18)24-23-19)29-11-10-22-14-21(26)15-6-5-7-16(12-15)25-30(27,28)4-2/h5-9,12-13,21-22,25-26H,3-4,10-11,14H2,1-2H3,(H,23,24). The molecule has 3 aromatic rings. The van der Waals surface area contributed by atoms with Crippen molar-refractivity contribution in [1.82, 2.24) is 15.5 Å². The maximum Gasteiger partial charge on any atom is 0.232 e. The van der Waals surface area contributed by atoms with E-state index in [1.165, 1.54) is 0 Å². The zero-order valence-electron chi connectivity index (χ0n) is 17.2. The van der Waals surface area contributed by atoms with E-state index in [1.807, 2.05) is 18.2 Å². The van der Waals surface area contributed by atoms with Crippen LogP contribution in [0.4, 0.5) is 5.69 Å². The van der Waals surface area contributed by atoms with Gasteiger partial charge in [-0.3, -0.25) is 9.82 Å². The number of aliphatic hydroxyl groups excluding tert-OH is 1. The fourth-order valence-corrected chi connectivity index (χ4v) is 3.70. The lowest BCUT2D eigenvalue weighted by atomic mass is 10.1. The van der Waals surface area contributed by atoms with Gasteiger partial charge in [-0.05, 0) is 43.2 Å². The minimum absolute atomic E-state index is 0.00577. The van der Waals surface area contributed by atoms with Gasteiger partial charge in [-0.15, -0.1) is 0 Å². The lowest BCUT2D eigenvalue weighted by molar-refractivity contribution is 0.172. The summed E-state index contributed by atoms with van der Waals surface area (Å²) >= 11 is 0. The summed E-state index contributed by atoms with van der Waals surface area (Å²) < 4.78 is 31.6. The van der Waals surface area contributed by atoms with Gasteiger partial charge in [-0.1, -0.05) is 19.1 Å². The normalized spacial score (nSPS) is 12.8. The average Bonchev–Trinajstić information content (AvgIpc) is 3.15. The van der Waals surface area contributed by atoms with E-state index in [4.69, 9.17) is 4.74 Å². The Morgan fingerprint density at radius 1 is 1.20 bits per heavy atom. The van der Waals surface area contributed by atoms with Gasteiger partial charge in [0.1, 0.15) is 12.4 Å². The number of aromatic amines is 1. The molecule has 4 N–H and O–H groups in total. The van der Waals surface area contributed by atoms with Crippen LogP contribution in [0.3, 0.4) is 0 Å². The molecule has 0 radical (unpaired) electrons. The first-order valence-corrected chi connectivity index (χ1v) is 11.7. The lowest BCUT2D eigenvalue weighted by Gasteiger charge is -2.14. The van der Waals surface area contributed by atoms with Gasteiger partial charge in [0, 0.05) is 35.9 Å². The molecule has 1 aromatic heterocycles.